The number of nitrogens with zero attached hydrogens (tertiary/aromatic N) is 2. The Morgan fingerprint density at radius 2 is 1.77 bits per heavy atom. The lowest BCUT2D eigenvalue weighted by Crippen LogP contribution is -2.38. The summed E-state index contributed by atoms with van der Waals surface area (Å²) in [5.41, 5.74) is 2.22. The minimum Gasteiger partial charge on any atom is -0.496 e. The summed E-state index contributed by atoms with van der Waals surface area (Å²) in [6.45, 7) is 6.06. The predicted octanol–water partition coefficient (Wildman–Crippen LogP) is 3.58. The largest absolute Gasteiger partial charge is 0.496 e. The fraction of sp³-hybridized carbons (Fsp3) is 0.296. The highest BCUT2D eigenvalue weighted by Gasteiger charge is 2.24. The number of hydrogen-bond donors (Lipinski definition) is 2. The lowest BCUT2D eigenvalue weighted by molar-refractivity contribution is 0.0740. The molecule has 10 nitrogen and oxygen atoms in total. The molecule has 0 bridgehead atoms. The maximum atomic E-state index is 13.8. The van der Waals surface area contributed by atoms with Crippen LogP contribution in [0.4, 0.5) is 0 Å². The van der Waals surface area contributed by atoms with Gasteiger partial charge < -0.3 is 14.4 Å². The molecule has 2 aromatic carbocycles. The minimum absolute atomic E-state index is 0.0841. The molecular formula is C27H32N4O6S2. The third-order valence-corrected chi connectivity index (χ3v) is 7.97. The molecule has 12 heteroatoms. The van der Waals surface area contributed by atoms with E-state index in [1.54, 1.807) is 17.0 Å². The van der Waals surface area contributed by atoms with Crippen LogP contribution in [0.1, 0.15) is 48.3 Å². The molecule has 0 saturated heterocycles. The number of carbonyl (C=O) groups excluding carboxylic acids is 2. The minimum atomic E-state index is -4.02. The third-order valence-electron chi connectivity index (χ3n) is 5.94. The first-order valence-corrected chi connectivity index (χ1v) is 14.4. The first kappa shape index (κ1) is 29.8. The van der Waals surface area contributed by atoms with Gasteiger partial charge in [-0.05, 0) is 43.5 Å². The zero-order valence-corrected chi connectivity index (χ0v) is 23.9. The van der Waals surface area contributed by atoms with Crippen molar-refractivity contribution in [2.45, 2.75) is 26.3 Å². The zero-order chi connectivity index (χ0) is 28.6. The van der Waals surface area contributed by atoms with E-state index in [0.717, 1.165) is 28.9 Å². The molecule has 0 spiro atoms. The van der Waals surface area contributed by atoms with Gasteiger partial charge in [-0.2, -0.15) is 8.42 Å². The molecule has 0 aliphatic heterocycles. The Labute approximate surface area is 232 Å². The molecule has 1 aromatic heterocycles. The summed E-state index contributed by atoms with van der Waals surface area (Å²) in [6.07, 6.45) is 2.87. The molecule has 3 rings (SSSR count). The van der Waals surface area contributed by atoms with Crippen molar-refractivity contribution in [3.05, 3.63) is 81.3 Å². The summed E-state index contributed by atoms with van der Waals surface area (Å²) in [5.74, 6) is -0.111. The molecule has 39 heavy (non-hydrogen) atoms. The zero-order valence-electron chi connectivity index (χ0n) is 22.3. The number of aromatic nitrogens is 1. The Kier molecular flexibility index (Phi) is 10.2. The van der Waals surface area contributed by atoms with Crippen LogP contribution in [0, 0.1) is 6.92 Å². The van der Waals surface area contributed by atoms with Gasteiger partial charge in [0.2, 0.25) is 0 Å². The van der Waals surface area contributed by atoms with E-state index in [4.69, 9.17) is 9.47 Å². The number of aryl methyl sites for hydroxylation is 1. The molecule has 0 fully saturated rings. The summed E-state index contributed by atoms with van der Waals surface area (Å²) in [6, 6.07) is 13.3. The number of methoxy groups -OCH3 is 2. The third kappa shape index (κ3) is 7.65. The molecule has 0 radical (unpaired) electrons. The van der Waals surface area contributed by atoms with Gasteiger partial charge in [-0.15, -0.1) is 11.3 Å². The SMILES string of the molecule is C=Cc1sc(CN(CCCc2ccccc2)C(=O)c2cc(OC)c(C)c(OC)c2)nc1C(=O)NS(=O)(=O)NC. The van der Waals surface area contributed by atoms with Crippen LogP contribution in [0.15, 0.2) is 49.0 Å². The van der Waals surface area contributed by atoms with Gasteiger partial charge in [-0.1, -0.05) is 36.9 Å². The number of benzene rings is 2. The normalized spacial score (nSPS) is 11.1. The summed E-state index contributed by atoms with van der Waals surface area (Å²) in [7, 11) is 0.225. The van der Waals surface area contributed by atoms with Crippen molar-refractivity contribution in [1.29, 1.82) is 0 Å². The van der Waals surface area contributed by atoms with E-state index in [-0.39, 0.29) is 18.1 Å². The molecule has 0 saturated carbocycles. The second-order valence-corrected chi connectivity index (χ2v) is 11.2. The van der Waals surface area contributed by atoms with E-state index >= 15 is 0 Å². The first-order valence-electron chi connectivity index (χ1n) is 12.1. The Bertz CT molecular complexity index is 1410. The summed E-state index contributed by atoms with van der Waals surface area (Å²) < 4.78 is 38.5. The van der Waals surface area contributed by atoms with Gasteiger partial charge in [0.15, 0.2) is 0 Å². The van der Waals surface area contributed by atoms with Crippen molar-refractivity contribution in [3.63, 3.8) is 0 Å². The maximum absolute atomic E-state index is 13.8. The van der Waals surface area contributed by atoms with Crippen molar-refractivity contribution in [2.75, 3.05) is 27.8 Å². The highest BCUT2D eigenvalue weighted by atomic mass is 32.2. The van der Waals surface area contributed by atoms with Crippen LogP contribution in [0.25, 0.3) is 6.08 Å². The van der Waals surface area contributed by atoms with E-state index in [1.165, 1.54) is 27.3 Å². The highest BCUT2D eigenvalue weighted by Crippen LogP contribution is 2.31. The Balaban J connectivity index is 1.92. The van der Waals surface area contributed by atoms with Gasteiger partial charge in [0.05, 0.1) is 25.6 Å². The molecule has 2 amide bonds. The van der Waals surface area contributed by atoms with E-state index in [0.29, 0.717) is 39.9 Å². The molecule has 0 atom stereocenters. The maximum Gasteiger partial charge on any atom is 0.301 e. The van der Waals surface area contributed by atoms with Crippen LogP contribution in [0.2, 0.25) is 0 Å². The summed E-state index contributed by atoms with van der Waals surface area (Å²) in [5, 5.41) is 0.455. The molecule has 0 aliphatic carbocycles. The second kappa shape index (κ2) is 13.4. The number of rotatable bonds is 13. The fourth-order valence-electron chi connectivity index (χ4n) is 3.89. The van der Waals surface area contributed by atoms with Gasteiger partial charge in [-0.3, -0.25) is 9.59 Å². The van der Waals surface area contributed by atoms with Crippen molar-refractivity contribution < 1.29 is 27.5 Å². The van der Waals surface area contributed by atoms with Gasteiger partial charge in [0.25, 0.3) is 11.8 Å². The van der Waals surface area contributed by atoms with Gasteiger partial charge in [0, 0.05) is 24.7 Å². The van der Waals surface area contributed by atoms with Crippen LogP contribution >= 0.6 is 11.3 Å². The quantitative estimate of drug-likeness (QED) is 0.321. The number of ether oxygens (including phenoxy) is 2. The second-order valence-electron chi connectivity index (χ2n) is 8.48. The van der Waals surface area contributed by atoms with E-state index in [2.05, 4.69) is 11.6 Å². The topological polar surface area (TPSA) is 127 Å². The average Bonchev–Trinajstić information content (AvgIpc) is 3.35. The van der Waals surface area contributed by atoms with Crippen LogP contribution < -0.4 is 18.9 Å². The smallest absolute Gasteiger partial charge is 0.301 e. The molecule has 208 valence electrons. The van der Waals surface area contributed by atoms with E-state index < -0.39 is 16.1 Å². The van der Waals surface area contributed by atoms with E-state index in [9.17, 15) is 18.0 Å². The standard InChI is InChI=1S/C27H32N4O6S2/c1-6-23-25(26(32)30-39(34,35)28-3)29-24(38-23)17-31(14-10-13-19-11-8-7-9-12-19)27(33)20-15-21(36-4)18(2)22(16-20)37-5/h6-9,11-12,15-16,28H,1,10,13-14,17H2,2-5H3,(H,30,32). The Morgan fingerprint density at radius 3 is 2.33 bits per heavy atom. The Morgan fingerprint density at radius 1 is 1.13 bits per heavy atom. The Hall–Kier alpha value is -3.74. The predicted molar refractivity (Wildman–Crippen MR) is 151 cm³/mol. The molecule has 0 unspecified atom stereocenters. The van der Waals surface area contributed by atoms with Crippen LogP contribution in [-0.4, -0.2) is 57.9 Å². The molecular weight excluding hydrogens is 540 g/mol. The van der Waals surface area contributed by atoms with Crippen molar-refractivity contribution >= 4 is 39.4 Å². The highest BCUT2D eigenvalue weighted by molar-refractivity contribution is 7.88. The molecule has 0 aliphatic rings. The van der Waals surface area contributed by atoms with Crippen molar-refractivity contribution in [1.82, 2.24) is 19.3 Å². The monoisotopic (exact) mass is 572 g/mol. The van der Waals surface area contributed by atoms with Crippen LogP contribution in [-0.2, 0) is 23.2 Å². The van der Waals surface area contributed by atoms with Crippen LogP contribution in [0.5, 0.6) is 11.5 Å². The van der Waals surface area contributed by atoms with Crippen molar-refractivity contribution in [2.24, 2.45) is 0 Å². The number of carbonyl (C=O) groups is 2. The number of hydrogen-bond acceptors (Lipinski definition) is 8. The average molecular weight is 573 g/mol. The summed E-state index contributed by atoms with van der Waals surface area (Å²) in [4.78, 5) is 32.8. The first-order chi connectivity index (χ1) is 18.6. The summed E-state index contributed by atoms with van der Waals surface area (Å²) >= 11 is 1.16. The molecule has 1 heterocycles. The van der Waals surface area contributed by atoms with E-state index in [1.807, 2.05) is 46.7 Å². The molecule has 2 N–H and O–H groups in total. The fourth-order valence-corrected chi connectivity index (χ4v) is 5.27. The number of thiazole rings is 1. The van der Waals surface area contributed by atoms with Gasteiger partial charge in [0.1, 0.15) is 22.2 Å². The van der Waals surface area contributed by atoms with Crippen molar-refractivity contribution in [3.8, 4) is 11.5 Å². The number of amides is 2. The lowest BCUT2D eigenvalue weighted by Gasteiger charge is -2.23. The van der Waals surface area contributed by atoms with Gasteiger partial charge >= 0.3 is 10.2 Å². The van der Waals surface area contributed by atoms with Crippen LogP contribution in [0.3, 0.4) is 0 Å². The molecule has 3 aromatic rings. The van der Waals surface area contributed by atoms with Gasteiger partial charge in [-0.25, -0.2) is 14.4 Å². The number of nitrogens with one attached hydrogen (secondary N) is 2. The lowest BCUT2D eigenvalue weighted by atomic mass is 10.1.